The first kappa shape index (κ1) is 18.8. The van der Waals surface area contributed by atoms with E-state index in [1.807, 2.05) is 24.3 Å². The third-order valence-corrected chi connectivity index (χ3v) is 6.16. The fourth-order valence-electron chi connectivity index (χ4n) is 4.29. The van der Waals surface area contributed by atoms with Crippen LogP contribution in [-0.4, -0.2) is 15.6 Å². The number of hydrogen-bond donors (Lipinski definition) is 1. The number of anilines is 2. The number of fused-ring (bicyclic) bond motifs is 2. The Hall–Kier alpha value is -3.92. The maximum Gasteiger partial charge on any atom is 0.0900 e. The van der Waals surface area contributed by atoms with Crippen LogP contribution >= 0.6 is 0 Å². The van der Waals surface area contributed by atoms with Gasteiger partial charge in [-0.1, -0.05) is 48.5 Å². The molecular weight excluding hydrogens is 392 g/mol. The molecule has 1 saturated carbocycles. The van der Waals surface area contributed by atoms with Crippen molar-refractivity contribution in [2.24, 2.45) is 4.99 Å². The first-order chi connectivity index (χ1) is 15.8. The second-order valence-corrected chi connectivity index (χ2v) is 8.33. The molecule has 156 valence electrons. The maximum absolute atomic E-state index is 5.12. The SMILES string of the molecule is c1ccc(Nc2cc3nc4ccccc4n(-c4ccccc4)c-3cc2=NC2CCC2)cc1. The van der Waals surface area contributed by atoms with Crippen LogP contribution in [0.1, 0.15) is 19.3 Å². The van der Waals surface area contributed by atoms with E-state index in [2.05, 4.69) is 82.7 Å². The van der Waals surface area contributed by atoms with Gasteiger partial charge in [-0.25, -0.2) is 4.98 Å². The van der Waals surface area contributed by atoms with Crippen molar-refractivity contribution in [3.8, 4) is 17.1 Å². The molecule has 6 rings (SSSR count). The molecule has 0 bridgehead atoms. The molecule has 1 aliphatic heterocycles. The van der Waals surface area contributed by atoms with Crippen LogP contribution in [0.5, 0.6) is 0 Å². The summed E-state index contributed by atoms with van der Waals surface area (Å²) in [5, 5.41) is 4.58. The van der Waals surface area contributed by atoms with Gasteiger partial charge in [-0.3, -0.25) is 4.99 Å². The first-order valence-electron chi connectivity index (χ1n) is 11.2. The molecule has 1 heterocycles. The molecule has 0 spiro atoms. The summed E-state index contributed by atoms with van der Waals surface area (Å²) in [5.74, 6) is 0. The average molecular weight is 417 g/mol. The molecule has 0 unspecified atom stereocenters. The first-order valence-corrected chi connectivity index (χ1v) is 11.2. The second kappa shape index (κ2) is 7.97. The Labute approximate surface area is 187 Å². The van der Waals surface area contributed by atoms with Crippen molar-refractivity contribution >= 4 is 22.4 Å². The lowest BCUT2D eigenvalue weighted by molar-refractivity contribution is 0.413. The van der Waals surface area contributed by atoms with Gasteiger partial charge < -0.3 is 9.88 Å². The van der Waals surface area contributed by atoms with E-state index < -0.39 is 0 Å². The molecule has 3 aromatic carbocycles. The average Bonchev–Trinajstić information content (AvgIpc) is 2.81. The highest BCUT2D eigenvalue weighted by molar-refractivity contribution is 5.84. The fourth-order valence-corrected chi connectivity index (χ4v) is 4.29. The predicted octanol–water partition coefficient (Wildman–Crippen LogP) is 6.33. The summed E-state index contributed by atoms with van der Waals surface area (Å²) in [6.45, 7) is 0. The Morgan fingerprint density at radius 1 is 0.812 bits per heavy atom. The van der Waals surface area contributed by atoms with Crippen molar-refractivity contribution in [3.63, 3.8) is 0 Å². The van der Waals surface area contributed by atoms with E-state index in [9.17, 15) is 0 Å². The minimum atomic E-state index is 0.405. The van der Waals surface area contributed by atoms with E-state index in [1.54, 1.807) is 0 Å². The van der Waals surface area contributed by atoms with Gasteiger partial charge >= 0.3 is 0 Å². The summed E-state index contributed by atoms with van der Waals surface area (Å²) in [6.07, 6.45) is 3.59. The summed E-state index contributed by atoms with van der Waals surface area (Å²) in [6, 6.07) is 33.8. The van der Waals surface area contributed by atoms with Gasteiger partial charge in [-0.05, 0) is 67.8 Å². The molecule has 1 fully saturated rings. The minimum Gasteiger partial charge on any atom is -0.354 e. The van der Waals surface area contributed by atoms with E-state index in [0.29, 0.717) is 6.04 Å². The Morgan fingerprint density at radius 3 is 2.28 bits per heavy atom. The number of hydrogen-bond acceptors (Lipinski definition) is 3. The zero-order chi connectivity index (χ0) is 21.3. The lowest BCUT2D eigenvalue weighted by atomic mass is 9.94. The molecule has 2 aliphatic carbocycles. The standard InChI is InChI=1S/C28H24N4/c1-3-10-20(11-4-1)29-24-18-26-28(19-25(24)30-21-12-9-13-21)32(22-14-5-2-6-15-22)27-17-8-7-16-23(27)31-26/h1-8,10-11,14-19,21,29H,9,12-13H2. The second-order valence-electron chi connectivity index (χ2n) is 8.33. The summed E-state index contributed by atoms with van der Waals surface area (Å²) < 4.78 is 2.30. The molecule has 3 aromatic rings. The number of para-hydroxylation sites is 4. The van der Waals surface area contributed by atoms with E-state index >= 15 is 0 Å². The number of rotatable bonds is 4. The smallest absolute Gasteiger partial charge is 0.0900 e. The summed E-state index contributed by atoms with van der Waals surface area (Å²) in [7, 11) is 0. The number of nitrogens with one attached hydrogen (secondary N) is 1. The summed E-state index contributed by atoms with van der Waals surface area (Å²) >= 11 is 0. The third-order valence-electron chi connectivity index (χ3n) is 6.16. The van der Waals surface area contributed by atoms with Crippen LogP contribution in [0.25, 0.3) is 28.1 Å². The highest BCUT2D eigenvalue weighted by Gasteiger charge is 2.19. The van der Waals surface area contributed by atoms with E-state index in [0.717, 1.165) is 57.7 Å². The van der Waals surface area contributed by atoms with Crippen LogP contribution < -0.4 is 10.7 Å². The highest BCUT2D eigenvalue weighted by Crippen LogP contribution is 2.31. The zero-order valence-electron chi connectivity index (χ0n) is 17.8. The van der Waals surface area contributed by atoms with Crippen molar-refractivity contribution in [2.75, 3.05) is 5.32 Å². The lowest BCUT2D eigenvalue weighted by Crippen LogP contribution is -2.22. The van der Waals surface area contributed by atoms with Crippen LogP contribution in [0.2, 0.25) is 0 Å². The molecule has 0 amide bonds. The van der Waals surface area contributed by atoms with E-state index in [1.165, 1.54) is 6.42 Å². The number of aromatic nitrogens is 2. The Morgan fingerprint density at radius 2 is 1.53 bits per heavy atom. The fraction of sp³-hybridized carbons (Fsp3) is 0.143. The van der Waals surface area contributed by atoms with Crippen molar-refractivity contribution in [1.29, 1.82) is 0 Å². The van der Waals surface area contributed by atoms with Crippen molar-refractivity contribution in [3.05, 3.63) is 102 Å². The van der Waals surface area contributed by atoms with E-state index in [4.69, 9.17) is 9.98 Å². The normalized spacial score (nSPS) is 14.6. The predicted molar refractivity (Wildman–Crippen MR) is 131 cm³/mol. The van der Waals surface area contributed by atoms with Gasteiger partial charge in [-0.15, -0.1) is 0 Å². The van der Waals surface area contributed by atoms with Crippen molar-refractivity contribution in [1.82, 2.24) is 9.55 Å². The Kier molecular flexibility index (Phi) is 4.69. The lowest BCUT2D eigenvalue weighted by Gasteiger charge is -2.23. The van der Waals surface area contributed by atoms with Crippen LogP contribution in [0, 0.1) is 0 Å². The van der Waals surface area contributed by atoms with Gasteiger partial charge in [-0.2, -0.15) is 0 Å². The van der Waals surface area contributed by atoms with Crippen LogP contribution in [0.3, 0.4) is 0 Å². The van der Waals surface area contributed by atoms with Gasteiger partial charge in [0, 0.05) is 11.4 Å². The van der Waals surface area contributed by atoms with Crippen molar-refractivity contribution < 1.29 is 0 Å². The van der Waals surface area contributed by atoms with Gasteiger partial charge in [0.15, 0.2) is 0 Å². The Balaban J connectivity index is 1.64. The van der Waals surface area contributed by atoms with Gasteiger partial charge in [0.05, 0.1) is 39.5 Å². The van der Waals surface area contributed by atoms with Gasteiger partial charge in [0.1, 0.15) is 0 Å². The topological polar surface area (TPSA) is 42.2 Å². The van der Waals surface area contributed by atoms with E-state index in [-0.39, 0.29) is 0 Å². The molecule has 0 aromatic heterocycles. The molecule has 4 heteroatoms. The molecule has 3 aliphatic rings. The number of benzene rings is 4. The third kappa shape index (κ3) is 3.44. The van der Waals surface area contributed by atoms with Gasteiger partial charge in [0.2, 0.25) is 0 Å². The Bertz CT molecular complexity index is 1420. The van der Waals surface area contributed by atoms with Crippen LogP contribution in [-0.2, 0) is 0 Å². The monoisotopic (exact) mass is 416 g/mol. The highest BCUT2D eigenvalue weighted by atomic mass is 15.0. The van der Waals surface area contributed by atoms with Crippen molar-refractivity contribution in [2.45, 2.75) is 25.3 Å². The number of nitrogens with zero attached hydrogens (tertiary/aromatic N) is 3. The molecule has 4 nitrogen and oxygen atoms in total. The zero-order valence-corrected chi connectivity index (χ0v) is 17.8. The molecular formula is C28H24N4. The quantitative estimate of drug-likeness (QED) is 0.348. The molecule has 0 atom stereocenters. The molecule has 32 heavy (non-hydrogen) atoms. The largest absolute Gasteiger partial charge is 0.354 e. The molecule has 0 saturated heterocycles. The molecule has 0 radical (unpaired) electrons. The summed E-state index contributed by atoms with van der Waals surface area (Å²) in [5.41, 5.74) is 7.23. The van der Waals surface area contributed by atoms with Crippen LogP contribution in [0.4, 0.5) is 11.4 Å². The summed E-state index contributed by atoms with van der Waals surface area (Å²) in [4.78, 5) is 10.1. The maximum atomic E-state index is 5.12. The van der Waals surface area contributed by atoms with Crippen LogP contribution in [0.15, 0.2) is 102 Å². The minimum absolute atomic E-state index is 0.405. The van der Waals surface area contributed by atoms with Gasteiger partial charge in [0.25, 0.3) is 0 Å². The molecule has 1 N–H and O–H groups in total.